The zero-order chi connectivity index (χ0) is 14.4. The van der Waals surface area contributed by atoms with Gasteiger partial charge in [-0.1, -0.05) is 42.1 Å². The minimum absolute atomic E-state index is 0.0316. The van der Waals surface area contributed by atoms with Crippen LogP contribution in [0.25, 0.3) is 0 Å². The number of thioether (sulfide) groups is 1. The van der Waals surface area contributed by atoms with Crippen molar-refractivity contribution in [3.8, 4) is 0 Å². The zero-order valence-corrected chi connectivity index (χ0v) is 11.8. The van der Waals surface area contributed by atoms with Gasteiger partial charge in [-0.3, -0.25) is 19.6 Å². The Labute approximate surface area is 125 Å². The van der Waals surface area contributed by atoms with Gasteiger partial charge in [-0.25, -0.2) is 0 Å². The molecule has 0 fully saturated rings. The van der Waals surface area contributed by atoms with Gasteiger partial charge < -0.3 is 0 Å². The van der Waals surface area contributed by atoms with Crippen molar-refractivity contribution in [1.29, 1.82) is 0 Å². The first kappa shape index (κ1) is 12.5. The lowest BCUT2D eigenvalue weighted by Crippen LogP contribution is -2.26. The summed E-state index contributed by atoms with van der Waals surface area (Å²) in [5.41, 5.74) is 2.80. The van der Waals surface area contributed by atoms with Gasteiger partial charge in [0.25, 0.3) is 0 Å². The quantitative estimate of drug-likeness (QED) is 0.800. The Balaban J connectivity index is 1.83. The van der Waals surface area contributed by atoms with Crippen LogP contribution in [0.3, 0.4) is 0 Å². The minimum atomic E-state index is -0.154. The highest BCUT2D eigenvalue weighted by Gasteiger charge is 2.39. The molecule has 1 unspecified atom stereocenters. The van der Waals surface area contributed by atoms with E-state index in [2.05, 4.69) is 9.98 Å². The number of rotatable bonds is 1. The van der Waals surface area contributed by atoms with Gasteiger partial charge in [-0.2, -0.15) is 0 Å². The van der Waals surface area contributed by atoms with Crippen molar-refractivity contribution in [1.82, 2.24) is 0 Å². The summed E-state index contributed by atoms with van der Waals surface area (Å²) in [4.78, 5) is 33.5. The van der Waals surface area contributed by atoms with Gasteiger partial charge in [0.1, 0.15) is 11.1 Å². The average molecular weight is 294 g/mol. The number of hydrogen-bond donors (Lipinski definition) is 0. The summed E-state index contributed by atoms with van der Waals surface area (Å²) in [5, 5.41) is -0.154. The molecule has 0 aromatic heterocycles. The molecule has 4 rings (SSSR count). The highest BCUT2D eigenvalue weighted by atomic mass is 32.2. The van der Waals surface area contributed by atoms with Crippen LogP contribution >= 0.6 is 11.8 Å². The van der Waals surface area contributed by atoms with Crippen molar-refractivity contribution in [2.75, 3.05) is 0 Å². The second kappa shape index (κ2) is 4.63. The van der Waals surface area contributed by atoms with E-state index in [-0.39, 0.29) is 23.4 Å². The van der Waals surface area contributed by atoms with Crippen molar-refractivity contribution >= 4 is 35.3 Å². The Morgan fingerprint density at radius 3 is 2.76 bits per heavy atom. The van der Waals surface area contributed by atoms with Crippen LogP contribution in [0.4, 0.5) is 0 Å². The van der Waals surface area contributed by atoms with Crippen LogP contribution in [0.2, 0.25) is 0 Å². The molecular weight excluding hydrogens is 284 g/mol. The van der Waals surface area contributed by atoms with Gasteiger partial charge >= 0.3 is 0 Å². The summed E-state index contributed by atoms with van der Waals surface area (Å²) >= 11 is 1.47. The maximum atomic E-state index is 12.2. The predicted octanol–water partition coefficient (Wildman–Crippen LogP) is 2.64. The molecule has 2 heterocycles. The largest absolute Gasteiger partial charge is 0.292 e. The molecule has 0 N–H and O–H groups in total. The van der Waals surface area contributed by atoms with Crippen LogP contribution < -0.4 is 0 Å². The smallest absolute Gasteiger partial charge is 0.205 e. The molecule has 102 valence electrons. The van der Waals surface area contributed by atoms with Gasteiger partial charge in [0.15, 0.2) is 5.78 Å². The molecule has 3 aliphatic rings. The molecule has 0 bridgehead atoms. The normalized spacial score (nSPS) is 23.7. The maximum Gasteiger partial charge on any atom is 0.205 e. The van der Waals surface area contributed by atoms with Crippen LogP contribution in [0, 0.1) is 0 Å². The number of benzene rings is 1. The van der Waals surface area contributed by atoms with E-state index in [4.69, 9.17) is 0 Å². The molecule has 0 radical (unpaired) electrons. The standard InChI is InChI=1S/C16H10N2O2S/c19-11-6-10-7-17-8-12(20)13(10)15-14(11)18-16(21-15)9-4-2-1-3-5-9/h1-5,7-8,16H,6H2. The fraction of sp³-hybridized carbons (Fsp3) is 0.125. The number of Topliss-reactive ketones (excluding diaryl/α,β-unsaturated/α-hetero) is 2. The van der Waals surface area contributed by atoms with E-state index < -0.39 is 0 Å². The summed E-state index contributed by atoms with van der Waals surface area (Å²) in [6.45, 7) is 0. The molecule has 1 aliphatic carbocycles. The van der Waals surface area contributed by atoms with Crippen molar-refractivity contribution in [2.24, 2.45) is 9.98 Å². The molecular formula is C16H10N2O2S. The first-order valence-corrected chi connectivity index (χ1v) is 7.46. The van der Waals surface area contributed by atoms with Crippen LogP contribution in [-0.2, 0) is 9.59 Å². The molecule has 2 aliphatic heterocycles. The van der Waals surface area contributed by atoms with Crippen LogP contribution in [-0.4, -0.2) is 23.5 Å². The summed E-state index contributed by atoms with van der Waals surface area (Å²) in [5.74, 6) is -0.167. The van der Waals surface area contributed by atoms with Crippen LogP contribution in [0.15, 0.2) is 62.6 Å². The van der Waals surface area contributed by atoms with Crippen molar-refractivity contribution < 1.29 is 9.59 Å². The number of hydrogen-bond acceptors (Lipinski definition) is 5. The van der Waals surface area contributed by atoms with Gasteiger partial charge in [-0.05, 0) is 11.1 Å². The molecule has 1 atom stereocenters. The third kappa shape index (κ3) is 1.93. The third-order valence-electron chi connectivity index (χ3n) is 3.61. The van der Waals surface area contributed by atoms with E-state index in [0.29, 0.717) is 21.8 Å². The number of fused-ring (bicyclic) bond motifs is 2. The fourth-order valence-corrected chi connectivity index (χ4v) is 3.94. The second-order valence-electron chi connectivity index (χ2n) is 4.96. The molecule has 0 spiro atoms. The Kier molecular flexibility index (Phi) is 2.75. The Hall–Kier alpha value is -2.27. The van der Waals surface area contributed by atoms with Crippen LogP contribution in [0.5, 0.6) is 0 Å². The van der Waals surface area contributed by atoms with Crippen LogP contribution in [0.1, 0.15) is 17.4 Å². The third-order valence-corrected chi connectivity index (χ3v) is 4.84. The molecule has 0 saturated carbocycles. The topological polar surface area (TPSA) is 58.9 Å². The maximum absolute atomic E-state index is 12.2. The van der Waals surface area contributed by atoms with E-state index in [1.54, 1.807) is 6.20 Å². The van der Waals surface area contributed by atoms with Gasteiger partial charge in [0, 0.05) is 18.2 Å². The van der Waals surface area contributed by atoms with Gasteiger partial charge in [-0.15, -0.1) is 0 Å². The molecule has 1 aromatic carbocycles. The molecule has 0 saturated heterocycles. The summed E-state index contributed by atoms with van der Waals surface area (Å²) in [6, 6.07) is 9.80. The molecule has 5 heteroatoms. The number of nitrogens with zero attached hydrogens (tertiary/aromatic N) is 2. The molecule has 4 nitrogen and oxygen atoms in total. The predicted molar refractivity (Wildman–Crippen MR) is 82.4 cm³/mol. The van der Waals surface area contributed by atoms with E-state index in [1.807, 2.05) is 30.3 Å². The number of ketones is 2. The second-order valence-corrected chi connectivity index (χ2v) is 6.05. The van der Waals surface area contributed by atoms with Crippen molar-refractivity contribution in [3.63, 3.8) is 0 Å². The monoisotopic (exact) mass is 294 g/mol. The minimum Gasteiger partial charge on any atom is -0.292 e. The first-order chi connectivity index (χ1) is 10.2. The fourth-order valence-electron chi connectivity index (χ4n) is 2.64. The van der Waals surface area contributed by atoms with Crippen molar-refractivity contribution in [2.45, 2.75) is 11.8 Å². The zero-order valence-electron chi connectivity index (χ0n) is 10.9. The highest BCUT2D eigenvalue weighted by molar-refractivity contribution is 8.04. The number of carbonyl (C=O) groups excluding carboxylic acids is 2. The number of carbonyl (C=O) groups is 2. The van der Waals surface area contributed by atoms with Gasteiger partial charge in [0.05, 0.1) is 11.1 Å². The number of aliphatic imine (C=N–C) groups is 2. The Morgan fingerprint density at radius 1 is 1.14 bits per heavy atom. The van der Waals surface area contributed by atoms with E-state index in [1.165, 1.54) is 18.0 Å². The summed E-state index contributed by atoms with van der Waals surface area (Å²) in [6.07, 6.45) is 3.12. The average Bonchev–Trinajstić information content (AvgIpc) is 2.94. The van der Waals surface area contributed by atoms with Crippen molar-refractivity contribution in [3.05, 3.63) is 58.1 Å². The van der Waals surface area contributed by atoms with E-state index >= 15 is 0 Å². The summed E-state index contributed by atoms with van der Waals surface area (Å²) in [7, 11) is 0. The molecule has 1 aromatic rings. The van der Waals surface area contributed by atoms with E-state index in [0.717, 1.165) is 5.56 Å². The first-order valence-electron chi connectivity index (χ1n) is 6.58. The molecule has 0 amide bonds. The Morgan fingerprint density at radius 2 is 1.95 bits per heavy atom. The lowest BCUT2D eigenvalue weighted by atomic mass is 9.88. The summed E-state index contributed by atoms with van der Waals surface area (Å²) < 4.78 is 0. The molecule has 21 heavy (non-hydrogen) atoms. The van der Waals surface area contributed by atoms with Gasteiger partial charge in [0.2, 0.25) is 5.78 Å². The highest BCUT2D eigenvalue weighted by Crippen LogP contribution is 2.47. The SMILES string of the molecule is O=C1C=NC=C2CC(=O)C3=NC(c4ccccc4)SC3=C12. The number of allylic oxidation sites excluding steroid dienone is 3. The lowest BCUT2D eigenvalue weighted by molar-refractivity contribution is -0.112. The van der Waals surface area contributed by atoms with E-state index in [9.17, 15) is 9.59 Å². The Bertz CT molecular complexity index is 788. The lowest BCUT2D eigenvalue weighted by Gasteiger charge is -2.19.